The second kappa shape index (κ2) is 11.3. The SMILES string of the molecule is N=C(N)NC(=N)NCC1CCC(C[PH](c2ccccc2)(c2ccccc2)c2ccccc2)CC1. The average Bonchev–Trinajstić information content (AvgIpc) is 2.88. The van der Waals surface area contributed by atoms with Gasteiger partial charge in [0.15, 0.2) is 0 Å². The van der Waals surface area contributed by atoms with Crippen molar-refractivity contribution in [3.63, 3.8) is 0 Å². The van der Waals surface area contributed by atoms with Gasteiger partial charge in [0.2, 0.25) is 0 Å². The fraction of sp³-hybridized carbons (Fsp3) is 0.286. The fourth-order valence-electron chi connectivity index (χ4n) is 5.52. The molecule has 0 unspecified atom stereocenters. The van der Waals surface area contributed by atoms with Gasteiger partial charge in [0.25, 0.3) is 0 Å². The van der Waals surface area contributed by atoms with Crippen molar-refractivity contribution in [3.8, 4) is 0 Å². The Kier molecular flexibility index (Phi) is 7.97. The Morgan fingerprint density at radius 3 is 1.53 bits per heavy atom. The van der Waals surface area contributed by atoms with Gasteiger partial charge < -0.3 is 0 Å². The molecule has 0 bridgehead atoms. The Morgan fingerprint density at radius 2 is 1.12 bits per heavy atom. The van der Waals surface area contributed by atoms with Crippen molar-refractivity contribution in [2.75, 3.05) is 12.7 Å². The molecule has 0 saturated heterocycles. The summed E-state index contributed by atoms with van der Waals surface area (Å²) in [5.74, 6) is 1.13. The summed E-state index contributed by atoms with van der Waals surface area (Å²) >= 11 is 0. The number of hydrogen-bond donors (Lipinski definition) is 5. The molecule has 6 heteroatoms. The minimum atomic E-state index is -2.19. The summed E-state index contributed by atoms with van der Waals surface area (Å²) in [5.41, 5.74) is 5.32. The van der Waals surface area contributed by atoms with Crippen molar-refractivity contribution in [3.05, 3.63) is 91.0 Å². The van der Waals surface area contributed by atoms with Crippen LogP contribution in [0.3, 0.4) is 0 Å². The van der Waals surface area contributed by atoms with Gasteiger partial charge in [0.1, 0.15) is 0 Å². The maximum absolute atomic E-state index is 7.84. The first kappa shape index (κ1) is 24.0. The third-order valence-electron chi connectivity index (χ3n) is 7.19. The summed E-state index contributed by atoms with van der Waals surface area (Å²) in [6, 6.07) is 33.6. The zero-order valence-corrected chi connectivity index (χ0v) is 20.6. The zero-order chi connectivity index (χ0) is 23.8. The third kappa shape index (κ3) is 5.66. The first-order valence-electron chi connectivity index (χ1n) is 12.2. The molecule has 0 aromatic heterocycles. The van der Waals surface area contributed by atoms with Gasteiger partial charge in [0, 0.05) is 0 Å². The molecule has 1 aliphatic rings. The van der Waals surface area contributed by atoms with Crippen molar-refractivity contribution < 1.29 is 0 Å². The Balaban J connectivity index is 1.56. The van der Waals surface area contributed by atoms with E-state index in [4.69, 9.17) is 16.6 Å². The minimum absolute atomic E-state index is 0.110. The van der Waals surface area contributed by atoms with Gasteiger partial charge in [-0.1, -0.05) is 0 Å². The van der Waals surface area contributed by atoms with Crippen LogP contribution < -0.4 is 32.3 Å². The molecule has 34 heavy (non-hydrogen) atoms. The van der Waals surface area contributed by atoms with Crippen LogP contribution in [0, 0.1) is 22.7 Å². The van der Waals surface area contributed by atoms with E-state index in [9.17, 15) is 0 Å². The standard InChI is InChI=1S/C28H36N5P/c29-27(30)33-28(31)32-20-22-16-18-23(19-17-22)21-34(24-10-4-1-5-11-24,25-12-6-2-7-13-25)26-14-8-3-9-15-26/h1-15,22-23,34H,16-21H2,(H6,29,30,31,32,33). The summed E-state index contributed by atoms with van der Waals surface area (Å²) in [4.78, 5) is 0. The molecule has 0 heterocycles. The van der Waals surface area contributed by atoms with Crippen LogP contribution in [0.15, 0.2) is 91.0 Å². The quantitative estimate of drug-likeness (QED) is 0.206. The molecule has 3 aromatic rings. The van der Waals surface area contributed by atoms with Crippen LogP contribution in [0.1, 0.15) is 25.7 Å². The number of guanidine groups is 2. The molecule has 0 atom stereocenters. The molecular weight excluding hydrogens is 437 g/mol. The van der Waals surface area contributed by atoms with E-state index in [0.717, 1.165) is 19.4 Å². The summed E-state index contributed by atoms with van der Waals surface area (Å²) in [7, 11) is -2.19. The molecule has 0 radical (unpaired) electrons. The summed E-state index contributed by atoms with van der Waals surface area (Å²) in [6.45, 7) is 0.754. The van der Waals surface area contributed by atoms with Crippen molar-refractivity contribution in [1.29, 1.82) is 10.8 Å². The van der Waals surface area contributed by atoms with Crippen LogP contribution in [0.2, 0.25) is 0 Å². The van der Waals surface area contributed by atoms with Gasteiger partial charge >= 0.3 is 204 Å². The molecule has 0 aliphatic heterocycles. The molecule has 4 rings (SSSR count). The van der Waals surface area contributed by atoms with Crippen LogP contribution in [-0.4, -0.2) is 24.6 Å². The third-order valence-corrected chi connectivity index (χ3v) is 12.3. The van der Waals surface area contributed by atoms with Crippen molar-refractivity contribution in [2.45, 2.75) is 25.7 Å². The van der Waals surface area contributed by atoms with Crippen LogP contribution in [0.25, 0.3) is 0 Å². The van der Waals surface area contributed by atoms with Crippen LogP contribution >= 0.6 is 7.26 Å². The summed E-state index contributed by atoms with van der Waals surface area (Å²) in [6.07, 6.45) is 5.96. The van der Waals surface area contributed by atoms with E-state index >= 15 is 0 Å². The van der Waals surface area contributed by atoms with E-state index in [1.165, 1.54) is 34.9 Å². The summed E-state index contributed by atoms with van der Waals surface area (Å²) in [5, 5.41) is 25.2. The molecule has 1 saturated carbocycles. The van der Waals surface area contributed by atoms with Crippen LogP contribution in [0.5, 0.6) is 0 Å². The first-order chi connectivity index (χ1) is 16.6. The first-order valence-corrected chi connectivity index (χ1v) is 14.4. The van der Waals surface area contributed by atoms with Crippen molar-refractivity contribution in [2.24, 2.45) is 17.6 Å². The van der Waals surface area contributed by atoms with E-state index in [-0.39, 0.29) is 11.9 Å². The van der Waals surface area contributed by atoms with E-state index < -0.39 is 7.26 Å². The fourth-order valence-corrected chi connectivity index (χ4v) is 10.8. The molecule has 0 spiro atoms. The predicted octanol–water partition coefficient (Wildman–Crippen LogP) is 3.53. The van der Waals surface area contributed by atoms with Crippen LogP contribution in [-0.2, 0) is 0 Å². The Bertz CT molecular complexity index is 967. The van der Waals surface area contributed by atoms with E-state index in [1.54, 1.807) is 0 Å². The van der Waals surface area contributed by atoms with Crippen molar-refractivity contribution >= 4 is 35.1 Å². The molecule has 1 aliphatic carbocycles. The molecule has 3 aromatic carbocycles. The van der Waals surface area contributed by atoms with E-state index in [0.29, 0.717) is 11.8 Å². The molecule has 5 nitrogen and oxygen atoms in total. The van der Waals surface area contributed by atoms with Gasteiger partial charge in [-0.25, -0.2) is 0 Å². The van der Waals surface area contributed by atoms with Gasteiger partial charge in [0.05, 0.1) is 0 Å². The number of nitrogens with two attached hydrogens (primary N) is 1. The molecular formula is C28H36N5P. The van der Waals surface area contributed by atoms with Gasteiger partial charge in [-0.15, -0.1) is 0 Å². The molecule has 1 fully saturated rings. The Hall–Kier alpha value is -3.17. The predicted molar refractivity (Wildman–Crippen MR) is 148 cm³/mol. The Morgan fingerprint density at radius 1 is 0.706 bits per heavy atom. The second-order valence-corrected chi connectivity index (χ2v) is 13.3. The van der Waals surface area contributed by atoms with Crippen molar-refractivity contribution in [1.82, 2.24) is 10.6 Å². The monoisotopic (exact) mass is 473 g/mol. The average molecular weight is 474 g/mol. The normalized spacial score (nSPS) is 18.6. The molecule has 6 N–H and O–H groups in total. The zero-order valence-electron chi connectivity index (χ0n) is 19.6. The number of benzene rings is 3. The van der Waals surface area contributed by atoms with Crippen LogP contribution in [0.4, 0.5) is 0 Å². The maximum atomic E-state index is 7.84. The number of nitrogens with one attached hydrogen (secondary N) is 4. The van der Waals surface area contributed by atoms with E-state index in [2.05, 4.69) is 102 Å². The number of rotatable bonds is 7. The Labute approximate surface area is 203 Å². The van der Waals surface area contributed by atoms with E-state index in [1.807, 2.05) is 0 Å². The molecule has 0 amide bonds. The number of hydrogen-bond acceptors (Lipinski definition) is 2. The second-order valence-electron chi connectivity index (χ2n) is 9.39. The summed E-state index contributed by atoms with van der Waals surface area (Å²) < 4.78 is 0. The topological polar surface area (TPSA) is 97.8 Å². The van der Waals surface area contributed by atoms with Gasteiger partial charge in [-0.3, -0.25) is 0 Å². The van der Waals surface area contributed by atoms with Gasteiger partial charge in [-0.05, 0) is 0 Å². The van der Waals surface area contributed by atoms with Gasteiger partial charge in [-0.2, -0.15) is 0 Å². The molecule has 178 valence electrons.